The Kier molecular flexibility index (Phi) is 5.55. The van der Waals surface area contributed by atoms with Crippen LogP contribution < -0.4 is 10.9 Å². The van der Waals surface area contributed by atoms with E-state index in [4.69, 9.17) is 0 Å². The van der Waals surface area contributed by atoms with Gasteiger partial charge in [0.1, 0.15) is 10.6 Å². The highest BCUT2D eigenvalue weighted by molar-refractivity contribution is 9.10. The Morgan fingerprint density at radius 2 is 1.97 bits per heavy atom. The molecule has 3 heterocycles. The molecule has 6 nitrogen and oxygen atoms in total. The number of aryl methyl sites for hydroxylation is 2. The van der Waals surface area contributed by atoms with Crippen LogP contribution in [0, 0.1) is 6.92 Å². The number of pyridine rings is 1. The number of anilines is 1. The Morgan fingerprint density at radius 3 is 2.69 bits per heavy atom. The summed E-state index contributed by atoms with van der Waals surface area (Å²) in [6.45, 7) is 2.27. The van der Waals surface area contributed by atoms with Gasteiger partial charge in [0.15, 0.2) is 0 Å². The number of carbonyl (C=O) groups is 1. The van der Waals surface area contributed by atoms with Gasteiger partial charge in [-0.15, -0.1) is 11.3 Å². The highest BCUT2D eigenvalue weighted by Gasteiger charge is 2.14. The third-order valence-electron chi connectivity index (χ3n) is 4.50. The minimum Gasteiger partial charge on any atom is -0.311 e. The van der Waals surface area contributed by atoms with Crippen LogP contribution in [0.3, 0.4) is 0 Å². The first kappa shape index (κ1) is 19.5. The van der Waals surface area contributed by atoms with Crippen LogP contribution in [0.25, 0.3) is 21.3 Å². The summed E-state index contributed by atoms with van der Waals surface area (Å²) in [5.74, 6) is 0.259. The van der Waals surface area contributed by atoms with Crippen LogP contribution in [0.4, 0.5) is 5.82 Å². The molecule has 1 aromatic carbocycles. The number of benzene rings is 1. The van der Waals surface area contributed by atoms with E-state index in [1.54, 1.807) is 18.3 Å². The number of nitrogens with one attached hydrogen (secondary N) is 1. The predicted molar refractivity (Wildman–Crippen MR) is 119 cm³/mol. The van der Waals surface area contributed by atoms with E-state index in [-0.39, 0.29) is 24.4 Å². The van der Waals surface area contributed by atoms with Gasteiger partial charge in [0.2, 0.25) is 5.91 Å². The molecular formula is C21H17BrN4O2S. The van der Waals surface area contributed by atoms with Gasteiger partial charge in [0.25, 0.3) is 5.56 Å². The summed E-state index contributed by atoms with van der Waals surface area (Å²) in [7, 11) is 0. The average molecular weight is 469 g/mol. The Bertz CT molecular complexity index is 1230. The van der Waals surface area contributed by atoms with Crippen molar-refractivity contribution in [2.75, 3.05) is 5.32 Å². The molecule has 8 heteroatoms. The van der Waals surface area contributed by atoms with Crippen molar-refractivity contribution in [1.29, 1.82) is 0 Å². The maximum absolute atomic E-state index is 13.0. The van der Waals surface area contributed by atoms with Gasteiger partial charge >= 0.3 is 0 Å². The number of thiophene rings is 1. The summed E-state index contributed by atoms with van der Waals surface area (Å²) in [5.41, 5.74) is 2.88. The van der Waals surface area contributed by atoms with E-state index in [1.807, 2.05) is 36.6 Å². The normalized spacial score (nSPS) is 11.0. The van der Waals surface area contributed by atoms with Crippen molar-refractivity contribution in [3.8, 4) is 11.1 Å². The van der Waals surface area contributed by atoms with Crippen LogP contribution in [0.5, 0.6) is 0 Å². The molecule has 0 fully saturated rings. The van der Waals surface area contributed by atoms with Crippen molar-refractivity contribution < 1.29 is 4.79 Å². The largest absolute Gasteiger partial charge is 0.311 e. The molecule has 0 aliphatic heterocycles. The predicted octanol–water partition coefficient (Wildman–Crippen LogP) is 4.62. The van der Waals surface area contributed by atoms with Gasteiger partial charge in [-0.05, 0) is 40.5 Å². The zero-order valence-corrected chi connectivity index (χ0v) is 18.0. The van der Waals surface area contributed by atoms with Crippen LogP contribution in [0.1, 0.15) is 12.0 Å². The summed E-state index contributed by atoms with van der Waals surface area (Å²) in [4.78, 5) is 34.5. The SMILES string of the molecule is Cc1ccc(-c2csc3ncn(CCC(=O)Nc4ccc(Br)cn4)c(=O)c23)cc1. The average Bonchev–Trinajstić information content (AvgIpc) is 3.15. The zero-order chi connectivity index (χ0) is 20.4. The highest BCUT2D eigenvalue weighted by atomic mass is 79.9. The lowest BCUT2D eigenvalue weighted by atomic mass is 10.1. The van der Waals surface area contributed by atoms with Crippen molar-refractivity contribution in [2.45, 2.75) is 19.9 Å². The van der Waals surface area contributed by atoms with Gasteiger partial charge < -0.3 is 5.32 Å². The van der Waals surface area contributed by atoms with Gasteiger partial charge in [0.05, 0.1) is 11.7 Å². The number of rotatable bonds is 5. The van der Waals surface area contributed by atoms with Gasteiger partial charge in [-0.3, -0.25) is 14.2 Å². The first-order valence-electron chi connectivity index (χ1n) is 8.96. The van der Waals surface area contributed by atoms with Crippen LogP contribution >= 0.6 is 27.3 Å². The van der Waals surface area contributed by atoms with Gasteiger partial charge in [-0.25, -0.2) is 9.97 Å². The fourth-order valence-corrected chi connectivity index (χ4v) is 4.09. The van der Waals surface area contributed by atoms with E-state index in [9.17, 15) is 9.59 Å². The molecule has 3 aromatic heterocycles. The smallest absolute Gasteiger partial charge is 0.262 e. The number of nitrogens with zero attached hydrogens (tertiary/aromatic N) is 3. The van der Waals surface area contributed by atoms with E-state index in [2.05, 4.69) is 31.2 Å². The molecule has 0 aliphatic carbocycles. The molecule has 1 amide bonds. The second-order valence-electron chi connectivity index (χ2n) is 6.60. The molecule has 0 bridgehead atoms. The Hall–Kier alpha value is -2.84. The van der Waals surface area contributed by atoms with Crippen molar-refractivity contribution >= 4 is 49.2 Å². The molecule has 29 heavy (non-hydrogen) atoms. The van der Waals surface area contributed by atoms with E-state index in [1.165, 1.54) is 22.2 Å². The highest BCUT2D eigenvalue weighted by Crippen LogP contribution is 2.30. The maximum atomic E-state index is 13.0. The summed E-state index contributed by atoms with van der Waals surface area (Å²) in [6, 6.07) is 11.6. The fraction of sp³-hybridized carbons (Fsp3) is 0.143. The topological polar surface area (TPSA) is 76.9 Å². The lowest BCUT2D eigenvalue weighted by Gasteiger charge is -2.07. The Balaban J connectivity index is 1.55. The van der Waals surface area contributed by atoms with Crippen LogP contribution in [0.2, 0.25) is 0 Å². The van der Waals surface area contributed by atoms with E-state index in [0.29, 0.717) is 16.0 Å². The second kappa shape index (κ2) is 8.26. The molecule has 0 spiro atoms. The third kappa shape index (κ3) is 4.28. The lowest BCUT2D eigenvalue weighted by Crippen LogP contribution is -2.23. The molecule has 0 unspecified atom stereocenters. The molecule has 0 saturated heterocycles. The molecule has 0 aliphatic rings. The molecule has 0 radical (unpaired) electrons. The first-order valence-corrected chi connectivity index (χ1v) is 10.6. The Labute approximate surface area is 179 Å². The minimum atomic E-state index is -0.212. The maximum Gasteiger partial charge on any atom is 0.262 e. The van der Waals surface area contributed by atoms with Gasteiger partial charge in [-0.1, -0.05) is 29.8 Å². The lowest BCUT2D eigenvalue weighted by molar-refractivity contribution is -0.116. The monoisotopic (exact) mass is 468 g/mol. The second-order valence-corrected chi connectivity index (χ2v) is 8.37. The van der Waals surface area contributed by atoms with Crippen LogP contribution in [0.15, 0.2) is 63.6 Å². The molecular weight excluding hydrogens is 452 g/mol. The minimum absolute atomic E-state index is 0.138. The fourth-order valence-electron chi connectivity index (χ4n) is 2.95. The van der Waals surface area contributed by atoms with Crippen molar-refractivity contribution in [3.63, 3.8) is 0 Å². The summed E-state index contributed by atoms with van der Waals surface area (Å²) >= 11 is 4.75. The summed E-state index contributed by atoms with van der Waals surface area (Å²) in [6.07, 6.45) is 3.27. The zero-order valence-electron chi connectivity index (χ0n) is 15.6. The molecule has 146 valence electrons. The van der Waals surface area contributed by atoms with Crippen LogP contribution in [-0.4, -0.2) is 20.4 Å². The number of aromatic nitrogens is 3. The molecule has 0 saturated carbocycles. The van der Waals surface area contributed by atoms with Gasteiger partial charge in [-0.2, -0.15) is 0 Å². The molecule has 4 aromatic rings. The number of halogens is 1. The van der Waals surface area contributed by atoms with E-state index < -0.39 is 0 Å². The molecule has 0 atom stereocenters. The summed E-state index contributed by atoms with van der Waals surface area (Å²) in [5, 5.41) is 5.28. The molecule has 4 rings (SSSR count). The number of carbonyl (C=O) groups excluding carboxylic acids is 1. The quantitative estimate of drug-likeness (QED) is 0.463. The standard InChI is InChI=1S/C21H17BrN4O2S/c1-13-2-4-14(5-3-13)16-11-29-20-19(16)21(28)26(12-24-20)9-8-18(27)25-17-7-6-15(22)10-23-17/h2-7,10-12H,8-9H2,1H3,(H,23,25,27). The van der Waals surface area contributed by atoms with Crippen LogP contribution in [-0.2, 0) is 11.3 Å². The number of hydrogen-bond donors (Lipinski definition) is 1. The van der Waals surface area contributed by atoms with Crippen molar-refractivity contribution in [3.05, 3.63) is 74.7 Å². The van der Waals surface area contributed by atoms with E-state index in [0.717, 1.165) is 21.2 Å². The number of amides is 1. The van der Waals surface area contributed by atoms with Crippen molar-refractivity contribution in [2.24, 2.45) is 0 Å². The third-order valence-corrected chi connectivity index (χ3v) is 5.85. The van der Waals surface area contributed by atoms with Gasteiger partial charge in [0, 0.05) is 34.6 Å². The van der Waals surface area contributed by atoms with Crippen molar-refractivity contribution in [1.82, 2.24) is 14.5 Å². The number of hydrogen-bond acceptors (Lipinski definition) is 5. The number of fused-ring (bicyclic) bond motifs is 1. The molecule has 1 N–H and O–H groups in total. The first-order chi connectivity index (χ1) is 14.0. The Morgan fingerprint density at radius 1 is 1.17 bits per heavy atom. The summed E-state index contributed by atoms with van der Waals surface area (Å²) < 4.78 is 2.32. The van der Waals surface area contributed by atoms with E-state index >= 15 is 0 Å².